The van der Waals surface area contributed by atoms with Gasteiger partial charge in [-0.1, -0.05) is 31.4 Å². The molecule has 1 saturated carbocycles. The Morgan fingerprint density at radius 2 is 2.00 bits per heavy atom. The Balaban J connectivity index is 1.14. The van der Waals surface area contributed by atoms with E-state index in [1.807, 2.05) is 16.7 Å². The van der Waals surface area contributed by atoms with E-state index in [2.05, 4.69) is 21.0 Å². The van der Waals surface area contributed by atoms with Crippen LogP contribution in [-0.4, -0.2) is 74.0 Å². The van der Waals surface area contributed by atoms with E-state index in [1.165, 1.54) is 12.5 Å². The number of carboxylic acids is 1. The van der Waals surface area contributed by atoms with Crippen LogP contribution in [0.15, 0.2) is 49.1 Å². The number of likely N-dealkylation sites (tertiary alicyclic amines) is 2. The molecular weight excluding hydrogens is 469 g/mol. The van der Waals surface area contributed by atoms with Crippen molar-refractivity contribution < 1.29 is 14.3 Å². The third-order valence-electron chi connectivity index (χ3n) is 9.03. The third-order valence-corrected chi connectivity index (χ3v) is 9.03. The molecule has 8 heteroatoms. The first kappa shape index (κ1) is 24.5. The van der Waals surface area contributed by atoms with Crippen molar-refractivity contribution in [3.63, 3.8) is 0 Å². The van der Waals surface area contributed by atoms with Crippen LogP contribution in [0, 0.1) is 17.7 Å². The van der Waals surface area contributed by atoms with Crippen molar-refractivity contribution in [1.29, 1.82) is 0 Å². The zero-order chi connectivity index (χ0) is 25.4. The van der Waals surface area contributed by atoms with E-state index in [9.17, 15) is 14.3 Å². The maximum Gasteiger partial charge on any atom is 0.320 e. The Morgan fingerprint density at radius 3 is 2.70 bits per heavy atom. The summed E-state index contributed by atoms with van der Waals surface area (Å²) in [7, 11) is 0. The highest BCUT2D eigenvalue weighted by Crippen LogP contribution is 2.39. The van der Waals surface area contributed by atoms with Gasteiger partial charge in [0, 0.05) is 50.1 Å². The van der Waals surface area contributed by atoms with E-state index in [0.717, 1.165) is 75.2 Å². The van der Waals surface area contributed by atoms with Gasteiger partial charge in [-0.2, -0.15) is 0 Å². The molecule has 1 unspecified atom stereocenters. The van der Waals surface area contributed by atoms with Gasteiger partial charge in [-0.25, -0.2) is 9.37 Å². The summed E-state index contributed by atoms with van der Waals surface area (Å²) in [5, 5.41) is 10.1. The first-order valence-corrected chi connectivity index (χ1v) is 13.8. The number of fused-ring (bicyclic) bond motifs is 1. The van der Waals surface area contributed by atoms with Crippen molar-refractivity contribution in [3.8, 4) is 0 Å². The smallest absolute Gasteiger partial charge is 0.320 e. The fraction of sp³-hybridized carbons (Fsp3) is 0.552. The molecule has 0 radical (unpaired) electrons. The predicted octanol–water partition coefficient (Wildman–Crippen LogP) is 4.41. The molecule has 4 heterocycles. The largest absolute Gasteiger partial charge is 0.480 e. The van der Waals surface area contributed by atoms with Crippen molar-refractivity contribution in [3.05, 3.63) is 66.1 Å². The molecule has 6 rings (SSSR count). The van der Waals surface area contributed by atoms with Crippen LogP contribution in [0.2, 0.25) is 0 Å². The van der Waals surface area contributed by atoms with Gasteiger partial charge in [-0.15, -0.1) is 0 Å². The Kier molecular flexibility index (Phi) is 6.95. The average molecular weight is 506 g/mol. The molecule has 0 amide bonds. The number of halogens is 1. The van der Waals surface area contributed by atoms with Gasteiger partial charge in [-0.05, 0) is 61.9 Å². The monoisotopic (exact) mass is 505 g/mol. The minimum atomic E-state index is -0.714. The lowest BCUT2D eigenvalue weighted by atomic mass is 9.80. The highest BCUT2D eigenvalue weighted by molar-refractivity contribution is 5.73. The second kappa shape index (κ2) is 10.5. The summed E-state index contributed by atoms with van der Waals surface area (Å²) in [6.07, 6.45) is 14.0. The van der Waals surface area contributed by atoms with Crippen LogP contribution in [0.3, 0.4) is 0 Å². The standard InChI is InChI=1S/C29H36FN5O2/c30-24-6-2-5-22(14-24)25-18-35(27(29(36)37)13-20-3-1-4-20)17-23(25)16-33-10-7-21(8-11-33)26-19-34-12-9-31-15-28(34)32-26/h2,5-6,9,12,14-15,19-21,23,25,27H,1,3-4,7-8,10-11,13,16-18H2,(H,36,37)/t23?,25-,27-/m1/s1. The van der Waals surface area contributed by atoms with Gasteiger partial charge in [0.25, 0.3) is 0 Å². The molecule has 3 aromatic rings. The minimum absolute atomic E-state index is 0.141. The van der Waals surface area contributed by atoms with Crippen molar-refractivity contribution in [2.45, 2.75) is 56.4 Å². The Bertz CT molecular complexity index is 1200. The van der Waals surface area contributed by atoms with Gasteiger partial charge in [0.05, 0.1) is 11.9 Å². The zero-order valence-corrected chi connectivity index (χ0v) is 21.3. The van der Waals surface area contributed by atoms with E-state index in [1.54, 1.807) is 24.5 Å². The first-order chi connectivity index (χ1) is 18.0. The van der Waals surface area contributed by atoms with Crippen molar-refractivity contribution in [2.24, 2.45) is 11.8 Å². The highest BCUT2D eigenvalue weighted by atomic mass is 19.1. The number of hydrogen-bond donors (Lipinski definition) is 1. The number of nitrogens with zero attached hydrogens (tertiary/aromatic N) is 5. The summed E-state index contributed by atoms with van der Waals surface area (Å²) in [5.41, 5.74) is 3.02. The summed E-state index contributed by atoms with van der Waals surface area (Å²) < 4.78 is 16.2. The summed E-state index contributed by atoms with van der Waals surface area (Å²) >= 11 is 0. The molecule has 2 aromatic heterocycles. The molecule has 3 atom stereocenters. The highest BCUT2D eigenvalue weighted by Gasteiger charge is 2.41. The van der Waals surface area contributed by atoms with Gasteiger partial charge in [-0.3, -0.25) is 14.7 Å². The lowest BCUT2D eigenvalue weighted by molar-refractivity contribution is -0.144. The number of benzene rings is 1. The van der Waals surface area contributed by atoms with Gasteiger partial charge < -0.3 is 14.4 Å². The molecule has 1 N–H and O–H groups in total. The van der Waals surface area contributed by atoms with Crippen molar-refractivity contribution >= 4 is 11.6 Å². The van der Waals surface area contributed by atoms with E-state index in [0.29, 0.717) is 18.4 Å². The van der Waals surface area contributed by atoms with Crippen molar-refractivity contribution in [1.82, 2.24) is 24.2 Å². The number of rotatable bonds is 8. The van der Waals surface area contributed by atoms with Crippen molar-refractivity contribution in [2.75, 3.05) is 32.7 Å². The molecular formula is C29H36FN5O2. The molecule has 37 heavy (non-hydrogen) atoms. The second-order valence-electron chi connectivity index (χ2n) is 11.3. The molecule has 1 aromatic carbocycles. The number of carbonyl (C=O) groups is 1. The number of aromatic nitrogens is 3. The molecule has 3 aliphatic rings. The normalized spacial score (nSPS) is 24.9. The van der Waals surface area contributed by atoms with E-state index >= 15 is 0 Å². The van der Waals surface area contributed by atoms with E-state index in [4.69, 9.17) is 4.98 Å². The molecule has 3 fully saturated rings. The Hall–Kier alpha value is -2.84. The van der Waals surface area contributed by atoms with Gasteiger partial charge in [0.2, 0.25) is 0 Å². The predicted molar refractivity (Wildman–Crippen MR) is 139 cm³/mol. The Morgan fingerprint density at radius 1 is 1.16 bits per heavy atom. The maximum atomic E-state index is 14.2. The lowest BCUT2D eigenvalue weighted by Crippen LogP contribution is -2.43. The molecule has 2 saturated heterocycles. The van der Waals surface area contributed by atoms with Crippen LogP contribution in [0.25, 0.3) is 5.65 Å². The molecule has 1 aliphatic carbocycles. The fourth-order valence-corrected chi connectivity index (χ4v) is 6.71. The van der Waals surface area contributed by atoms with E-state index in [-0.39, 0.29) is 17.7 Å². The summed E-state index contributed by atoms with van der Waals surface area (Å²) in [4.78, 5) is 25.9. The SMILES string of the molecule is O=C(O)[C@@H](CC1CCC1)N1CC(CN2CCC(c3cn4ccncc4n3)CC2)[C@@H](c2cccc(F)c2)C1. The summed E-state index contributed by atoms with van der Waals surface area (Å²) in [5.74, 6) is 0.457. The number of aliphatic carboxylic acids is 1. The van der Waals surface area contributed by atoms with Crippen LogP contribution in [-0.2, 0) is 4.79 Å². The quantitative estimate of drug-likeness (QED) is 0.489. The molecule has 2 aliphatic heterocycles. The van der Waals surface area contributed by atoms with Crippen LogP contribution in [0.1, 0.15) is 61.6 Å². The second-order valence-corrected chi connectivity index (χ2v) is 11.3. The third kappa shape index (κ3) is 5.27. The lowest BCUT2D eigenvalue weighted by Gasteiger charge is -2.34. The van der Waals surface area contributed by atoms with E-state index < -0.39 is 12.0 Å². The van der Waals surface area contributed by atoms with Gasteiger partial charge >= 0.3 is 5.97 Å². The molecule has 7 nitrogen and oxygen atoms in total. The molecule has 0 bridgehead atoms. The Labute approximate surface area is 217 Å². The topological polar surface area (TPSA) is 74.0 Å². The molecule has 0 spiro atoms. The summed E-state index contributed by atoms with van der Waals surface area (Å²) in [6.45, 7) is 4.34. The number of carboxylic acid groups (broad SMARTS) is 1. The number of piperidine rings is 1. The van der Waals surface area contributed by atoms with Gasteiger partial charge in [0.15, 0.2) is 5.65 Å². The number of hydrogen-bond acceptors (Lipinski definition) is 5. The fourth-order valence-electron chi connectivity index (χ4n) is 6.71. The van der Waals surface area contributed by atoms with Gasteiger partial charge in [0.1, 0.15) is 11.9 Å². The minimum Gasteiger partial charge on any atom is -0.480 e. The molecule has 196 valence electrons. The zero-order valence-electron chi connectivity index (χ0n) is 21.3. The van der Waals surface area contributed by atoms with Crippen LogP contribution in [0.5, 0.6) is 0 Å². The number of imidazole rings is 1. The maximum absolute atomic E-state index is 14.2. The van der Waals surface area contributed by atoms with Crippen LogP contribution in [0.4, 0.5) is 4.39 Å². The van der Waals surface area contributed by atoms with Crippen LogP contribution >= 0.6 is 0 Å². The summed E-state index contributed by atoms with van der Waals surface area (Å²) in [6, 6.07) is 6.48. The first-order valence-electron chi connectivity index (χ1n) is 13.8. The van der Waals surface area contributed by atoms with Crippen LogP contribution < -0.4 is 0 Å². The average Bonchev–Trinajstić information content (AvgIpc) is 3.48.